The molecule has 1 fully saturated rings. The van der Waals surface area contributed by atoms with Gasteiger partial charge in [0.15, 0.2) is 5.82 Å². The van der Waals surface area contributed by atoms with Gasteiger partial charge in [0.2, 0.25) is 0 Å². The molecule has 1 saturated heterocycles. The van der Waals surface area contributed by atoms with Crippen molar-refractivity contribution in [3.63, 3.8) is 0 Å². The van der Waals surface area contributed by atoms with Crippen LogP contribution in [0.15, 0.2) is 53.5 Å². The Morgan fingerprint density at radius 1 is 1.25 bits per heavy atom. The molecule has 12 heteroatoms. The van der Waals surface area contributed by atoms with Gasteiger partial charge in [-0.05, 0) is 81.0 Å². The van der Waals surface area contributed by atoms with Gasteiger partial charge in [-0.2, -0.15) is 4.98 Å². The van der Waals surface area contributed by atoms with Crippen LogP contribution in [0.3, 0.4) is 0 Å². The second-order valence-corrected chi connectivity index (χ2v) is 12.4. The van der Waals surface area contributed by atoms with Crippen molar-refractivity contribution in [2.45, 2.75) is 57.2 Å². The molecule has 0 amide bonds. The van der Waals surface area contributed by atoms with Crippen LogP contribution >= 0.6 is 11.6 Å². The van der Waals surface area contributed by atoms with E-state index in [0.717, 1.165) is 24.0 Å². The number of hydrogen-bond acceptors (Lipinski definition) is 6. The van der Waals surface area contributed by atoms with Gasteiger partial charge in [0.25, 0.3) is 0 Å². The van der Waals surface area contributed by atoms with Crippen LogP contribution < -0.4 is 22.1 Å². The van der Waals surface area contributed by atoms with Crippen molar-refractivity contribution >= 4 is 28.5 Å². The molecule has 0 saturated carbocycles. The summed E-state index contributed by atoms with van der Waals surface area (Å²) in [5, 5.41) is 14.4. The number of amidine groups is 1. The summed E-state index contributed by atoms with van der Waals surface area (Å²) in [7, 11) is 0. The first-order valence-electron chi connectivity index (χ1n) is 14.7. The molecule has 0 radical (unpaired) electrons. The quantitative estimate of drug-likeness (QED) is 0.115. The van der Waals surface area contributed by atoms with Gasteiger partial charge >= 0.3 is 5.69 Å². The zero-order valence-electron chi connectivity index (χ0n) is 24.9. The van der Waals surface area contributed by atoms with E-state index in [1.807, 2.05) is 38.1 Å². The zero-order valence-corrected chi connectivity index (χ0v) is 25.6. The van der Waals surface area contributed by atoms with Crippen molar-refractivity contribution in [2.75, 3.05) is 26.4 Å². The van der Waals surface area contributed by atoms with E-state index in [1.54, 1.807) is 24.4 Å². The zero-order chi connectivity index (χ0) is 31.4. The summed E-state index contributed by atoms with van der Waals surface area (Å²) in [6.07, 6.45) is 4.74. The van der Waals surface area contributed by atoms with Gasteiger partial charge in [0.05, 0.1) is 35.7 Å². The van der Waals surface area contributed by atoms with Crippen LogP contribution in [0.2, 0.25) is 5.02 Å². The molecule has 1 aliphatic heterocycles. The number of morpholine rings is 1. The average molecular weight is 626 g/mol. The molecule has 0 bridgehead atoms. The van der Waals surface area contributed by atoms with Gasteiger partial charge in [-0.3, -0.25) is 9.98 Å². The van der Waals surface area contributed by atoms with E-state index in [9.17, 15) is 9.18 Å². The Labute approximate surface area is 259 Å². The van der Waals surface area contributed by atoms with Crippen molar-refractivity contribution < 1.29 is 13.5 Å². The number of nitrogens with one attached hydrogen (secondary N) is 4. The molecule has 2 aromatic heterocycles. The van der Waals surface area contributed by atoms with Crippen LogP contribution in [0, 0.1) is 11.2 Å². The fourth-order valence-corrected chi connectivity index (χ4v) is 5.68. The second kappa shape index (κ2) is 13.6. The number of alkyl halides is 1. The highest BCUT2D eigenvalue weighted by Crippen LogP contribution is 2.31. The van der Waals surface area contributed by atoms with Crippen molar-refractivity contribution in [3.05, 3.63) is 81.1 Å². The van der Waals surface area contributed by atoms with Gasteiger partial charge in [-0.25, -0.2) is 13.6 Å². The molecule has 9 nitrogen and oxygen atoms in total. The summed E-state index contributed by atoms with van der Waals surface area (Å²) < 4.78 is 34.9. The van der Waals surface area contributed by atoms with Crippen LogP contribution in [0.1, 0.15) is 50.3 Å². The molecule has 0 aliphatic carbocycles. The number of aryl methyl sites for hydroxylation is 1. The van der Waals surface area contributed by atoms with Crippen LogP contribution in [-0.4, -0.2) is 58.4 Å². The van der Waals surface area contributed by atoms with Crippen molar-refractivity contribution in [1.29, 1.82) is 5.41 Å². The van der Waals surface area contributed by atoms with Crippen molar-refractivity contribution in [1.82, 2.24) is 25.2 Å². The summed E-state index contributed by atoms with van der Waals surface area (Å²) in [4.78, 5) is 20.3. The van der Waals surface area contributed by atoms with Crippen LogP contribution in [0.25, 0.3) is 28.0 Å². The molecular formula is C32H38ClF2N7O2. The summed E-state index contributed by atoms with van der Waals surface area (Å²) in [5.41, 5.74) is 9.04. The number of H-pyrrole nitrogens is 1. The maximum absolute atomic E-state index is 15.2. The standard InChI is InChI=1S/C32H38ClF2N7O2/c1-32(2,37)10-3-4-19-12-24(29(35)25(33)13-19)26-14-21-16-42(31(43)41-30(21)40-26)23-7-5-20(6-8-23)27-18-44-17-22(39-27)9-11-38-28(36)15-34/h5-8,12-14,16,22,27,39H,3-4,9-11,15,17-18,37H2,1-2H3,(H2,36,38)(H,40,41,43)/t22-,27+/m1/s1. The van der Waals surface area contributed by atoms with Gasteiger partial charge in [-0.15, -0.1) is 0 Å². The SMILES string of the molecule is CC(C)(N)CCCc1cc(Cl)c(F)c(-c2cc3cn(-c4ccc([C@@H]5COC[C@@H](CCNC(=N)CF)N5)cc4)c(=O)nc3[nH]2)c1. The lowest BCUT2D eigenvalue weighted by atomic mass is 9.96. The van der Waals surface area contributed by atoms with Crippen molar-refractivity contribution in [3.8, 4) is 16.9 Å². The maximum atomic E-state index is 15.2. The number of halogens is 3. The molecule has 5 rings (SSSR count). The largest absolute Gasteiger partial charge is 0.378 e. The molecule has 3 heterocycles. The van der Waals surface area contributed by atoms with E-state index in [1.165, 1.54) is 4.57 Å². The normalized spacial score (nSPS) is 17.2. The Kier molecular flexibility index (Phi) is 9.79. The minimum atomic E-state index is -0.809. The molecule has 2 aromatic carbocycles. The molecule has 6 N–H and O–H groups in total. The highest BCUT2D eigenvalue weighted by molar-refractivity contribution is 6.31. The summed E-state index contributed by atoms with van der Waals surface area (Å²) in [6, 6.07) is 12.8. The van der Waals surface area contributed by atoms with Crippen LogP contribution in [0.5, 0.6) is 0 Å². The minimum Gasteiger partial charge on any atom is -0.378 e. The predicted octanol–water partition coefficient (Wildman–Crippen LogP) is 5.19. The second-order valence-electron chi connectivity index (χ2n) is 12.0. The van der Waals surface area contributed by atoms with Gasteiger partial charge in [0, 0.05) is 35.3 Å². The number of benzene rings is 2. The molecule has 234 valence electrons. The third-order valence-corrected chi connectivity index (χ3v) is 8.03. The fraction of sp³-hybridized carbons (Fsp3) is 0.406. The number of nitrogens with zero attached hydrogens (tertiary/aromatic N) is 2. The number of rotatable bonds is 11. The van der Waals surface area contributed by atoms with Gasteiger partial charge in [0.1, 0.15) is 18.2 Å². The number of fused-ring (bicyclic) bond motifs is 1. The first kappa shape index (κ1) is 31.8. The Morgan fingerprint density at radius 2 is 2.02 bits per heavy atom. The Hall–Kier alpha value is -3.64. The lowest BCUT2D eigenvalue weighted by Gasteiger charge is -2.31. The van der Waals surface area contributed by atoms with E-state index in [4.69, 9.17) is 27.5 Å². The van der Waals surface area contributed by atoms with E-state index >= 15 is 4.39 Å². The lowest BCUT2D eigenvalue weighted by molar-refractivity contribution is 0.0431. The number of aromatic nitrogens is 3. The highest BCUT2D eigenvalue weighted by Gasteiger charge is 2.23. The Balaban J connectivity index is 1.32. The van der Waals surface area contributed by atoms with Crippen LogP contribution in [-0.2, 0) is 11.2 Å². The summed E-state index contributed by atoms with van der Waals surface area (Å²) in [5.74, 6) is -0.665. The number of nitrogens with two attached hydrogens (primary N) is 1. The summed E-state index contributed by atoms with van der Waals surface area (Å²) in [6.45, 7) is 4.65. The molecule has 2 atom stereocenters. The molecular weight excluding hydrogens is 588 g/mol. The molecule has 0 unspecified atom stereocenters. The first-order chi connectivity index (χ1) is 21.0. The number of ether oxygens (including phenoxy) is 1. The topological polar surface area (TPSA) is 134 Å². The van der Waals surface area contributed by atoms with Crippen LogP contribution in [0.4, 0.5) is 8.78 Å². The maximum Gasteiger partial charge on any atom is 0.354 e. The first-order valence-corrected chi connectivity index (χ1v) is 15.1. The Bertz CT molecular complexity index is 1680. The van der Waals surface area contributed by atoms with Gasteiger partial charge < -0.3 is 26.1 Å². The molecule has 44 heavy (non-hydrogen) atoms. The third kappa shape index (κ3) is 7.71. The third-order valence-electron chi connectivity index (χ3n) is 7.75. The molecule has 1 aliphatic rings. The predicted molar refractivity (Wildman–Crippen MR) is 170 cm³/mol. The van der Waals surface area contributed by atoms with E-state index in [0.29, 0.717) is 60.6 Å². The average Bonchev–Trinajstić information content (AvgIpc) is 3.40. The Morgan fingerprint density at radius 3 is 2.75 bits per heavy atom. The monoisotopic (exact) mass is 625 g/mol. The number of aromatic amines is 1. The van der Waals surface area contributed by atoms with Gasteiger partial charge in [-0.1, -0.05) is 23.7 Å². The minimum absolute atomic E-state index is 0.0361. The smallest absolute Gasteiger partial charge is 0.354 e. The fourth-order valence-electron chi connectivity index (χ4n) is 5.44. The van der Waals surface area contributed by atoms with E-state index in [-0.39, 0.29) is 28.5 Å². The summed E-state index contributed by atoms with van der Waals surface area (Å²) >= 11 is 6.26. The van der Waals surface area contributed by atoms with E-state index < -0.39 is 18.2 Å². The molecule has 0 spiro atoms. The van der Waals surface area contributed by atoms with E-state index in [2.05, 4.69) is 20.6 Å². The molecule has 4 aromatic rings. The number of hydrogen-bond donors (Lipinski definition) is 5. The van der Waals surface area contributed by atoms with Crippen molar-refractivity contribution in [2.24, 2.45) is 5.73 Å². The lowest BCUT2D eigenvalue weighted by Crippen LogP contribution is -2.45. The highest BCUT2D eigenvalue weighted by atomic mass is 35.5.